The van der Waals surface area contributed by atoms with Crippen LogP contribution in [-0.2, 0) is 21.3 Å². The molecule has 1 aromatic carbocycles. The number of nitrogens with one attached hydrogen (secondary N) is 2. The van der Waals surface area contributed by atoms with E-state index < -0.39 is 10.0 Å². The largest absolute Gasteiger partial charge is 0.380 e. The van der Waals surface area contributed by atoms with Gasteiger partial charge in [-0.15, -0.1) is 0 Å². The van der Waals surface area contributed by atoms with Crippen molar-refractivity contribution in [3.05, 3.63) is 28.8 Å². The molecule has 5 nitrogen and oxygen atoms in total. The van der Waals surface area contributed by atoms with E-state index in [2.05, 4.69) is 10.0 Å². The zero-order chi connectivity index (χ0) is 15.5. The fourth-order valence-electron chi connectivity index (χ4n) is 1.80. The van der Waals surface area contributed by atoms with Crippen LogP contribution >= 0.6 is 11.6 Å². The standard InChI is InChI=1S/C14H21ClN2O3S/c1-10(20-2)8-17-21(18,19)14-7-11(3-6-13(14)15)9-16-12-4-5-12/h3,6-7,10,12,16-17H,4-5,8-9H2,1-2H3. The summed E-state index contributed by atoms with van der Waals surface area (Å²) in [5.41, 5.74) is 0.909. The summed E-state index contributed by atoms with van der Waals surface area (Å²) in [6, 6.07) is 5.66. The normalized spacial score (nSPS) is 16.9. The van der Waals surface area contributed by atoms with Crippen LogP contribution in [0.3, 0.4) is 0 Å². The van der Waals surface area contributed by atoms with Crippen LogP contribution < -0.4 is 10.0 Å². The van der Waals surface area contributed by atoms with Gasteiger partial charge in [-0.1, -0.05) is 17.7 Å². The van der Waals surface area contributed by atoms with E-state index in [9.17, 15) is 8.42 Å². The lowest BCUT2D eigenvalue weighted by atomic mass is 10.2. The van der Waals surface area contributed by atoms with Crippen molar-refractivity contribution in [2.45, 2.75) is 43.4 Å². The number of methoxy groups -OCH3 is 1. The summed E-state index contributed by atoms with van der Waals surface area (Å²) in [6.45, 7) is 2.65. The molecule has 0 spiro atoms. The average molecular weight is 333 g/mol. The monoisotopic (exact) mass is 332 g/mol. The lowest BCUT2D eigenvalue weighted by Gasteiger charge is -2.13. The number of rotatable bonds is 8. The van der Waals surface area contributed by atoms with Crippen molar-refractivity contribution in [1.82, 2.24) is 10.0 Å². The highest BCUT2D eigenvalue weighted by Gasteiger charge is 2.22. The van der Waals surface area contributed by atoms with Gasteiger partial charge >= 0.3 is 0 Å². The van der Waals surface area contributed by atoms with Crippen LogP contribution in [0.25, 0.3) is 0 Å². The van der Waals surface area contributed by atoms with Crippen LogP contribution in [0.4, 0.5) is 0 Å². The van der Waals surface area contributed by atoms with Crippen molar-refractivity contribution in [2.75, 3.05) is 13.7 Å². The molecule has 0 bridgehead atoms. The van der Waals surface area contributed by atoms with Gasteiger partial charge in [0.15, 0.2) is 0 Å². The van der Waals surface area contributed by atoms with E-state index in [-0.39, 0.29) is 22.6 Å². The highest BCUT2D eigenvalue weighted by atomic mass is 35.5. The van der Waals surface area contributed by atoms with Crippen molar-refractivity contribution in [3.8, 4) is 0 Å². The second-order valence-corrected chi connectivity index (χ2v) is 7.46. The van der Waals surface area contributed by atoms with Crippen molar-refractivity contribution < 1.29 is 13.2 Å². The van der Waals surface area contributed by atoms with Gasteiger partial charge in [-0.3, -0.25) is 0 Å². The summed E-state index contributed by atoms with van der Waals surface area (Å²) in [4.78, 5) is 0.113. The van der Waals surface area contributed by atoms with Gasteiger partial charge in [0.2, 0.25) is 10.0 Å². The van der Waals surface area contributed by atoms with Crippen LogP contribution in [0.15, 0.2) is 23.1 Å². The Balaban J connectivity index is 2.10. The molecule has 1 aliphatic rings. The number of halogens is 1. The number of hydrogen-bond acceptors (Lipinski definition) is 4. The van der Waals surface area contributed by atoms with Crippen molar-refractivity contribution >= 4 is 21.6 Å². The molecule has 0 heterocycles. The molecular formula is C14H21ClN2O3S. The van der Waals surface area contributed by atoms with Crippen molar-refractivity contribution in [1.29, 1.82) is 0 Å². The zero-order valence-electron chi connectivity index (χ0n) is 12.2. The van der Waals surface area contributed by atoms with Gasteiger partial charge < -0.3 is 10.1 Å². The molecule has 0 amide bonds. The van der Waals surface area contributed by atoms with Crippen LogP contribution in [0.1, 0.15) is 25.3 Å². The first kappa shape index (κ1) is 16.7. The molecule has 2 rings (SSSR count). The molecule has 1 unspecified atom stereocenters. The van der Waals surface area contributed by atoms with E-state index in [1.807, 2.05) is 6.07 Å². The predicted molar refractivity (Wildman–Crippen MR) is 83.0 cm³/mol. The van der Waals surface area contributed by atoms with E-state index in [4.69, 9.17) is 16.3 Å². The molecule has 118 valence electrons. The molecule has 1 aromatic rings. The van der Waals surface area contributed by atoms with Crippen LogP contribution in [-0.4, -0.2) is 34.2 Å². The van der Waals surface area contributed by atoms with E-state index in [0.717, 1.165) is 5.56 Å². The minimum absolute atomic E-state index is 0.113. The molecule has 1 atom stereocenters. The molecule has 21 heavy (non-hydrogen) atoms. The fraction of sp³-hybridized carbons (Fsp3) is 0.571. The Bertz CT molecular complexity index is 588. The summed E-state index contributed by atoms with van der Waals surface area (Å²) in [5, 5.41) is 3.58. The van der Waals surface area contributed by atoms with Gasteiger partial charge in [0.05, 0.1) is 11.1 Å². The molecule has 0 aliphatic heterocycles. The third-order valence-corrected chi connectivity index (χ3v) is 5.33. The molecule has 0 aromatic heterocycles. The van der Waals surface area contributed by atoms with E-state index in [1.54, 1.807) is 19.1 Å². The van der Waals surface area contributed by atoms with Gasteiger partial charge in [0.1, 0.15) is 4.90 Å². The Labute approximate surface area is 131 Å². The molecule has 7 heteroatoms. The second kappa shape index (κ2) is 7.07. The minimum Gasteiger partial charge on any atom is -0.380 e. The van der Waals surface area contributed by atoms with Crippen molar-refractivity contribution in [3.63, 3.8) is 0 Å². The van der Waals surface area contributed by atoms with Gasteiger partial charge in [-0.05, 0) is 37.5 Å². The summed E-state index contributed by atoms with van der Waals surface area (Å²) in [6.07, 6.45) is 2.18. The highest BCUT2D eigenvalue weighted by Crippen LogP contribution is 2.24. The van der Waals surface area contributed by atoms with Crippen LogP contribution in [0, 0.1) is 0 Å². The Morgan fingerprint density at radius 3 is 2.76 bits per heavy atom. The molecule has 1 aliphatic carbocycles. The molecule has 0 radical (unpaired) electrons. The second-order valence-electron chi connectivity index (χ2n) is 5.32. The first-order valence-electron chi connectivity index (χ1n) is 6.96. The molecule has 1 saturated carbocycles. The predicted octanol–water partition coefficient (Wildman–Crippen LogP) is 1.91. The van der Waals surface area contributed by atoms with Crippen LogP contribution in [0.5, 0.6) is 0 Å². The number of sulfonamides is 1. The summed E-state index contributed by atoms with van der Waals surface area (Å²) >= 11 is 6.03. The smallest absolute Gasteiger partial charge is 0.242 e. The molecule has 0 saturated heterocycles. The van der Waals surface area contributed by atoms with Gasteiger partial charge in [-0.25, -0.2) is 13.1 Å². The van der Waals surface area contributed by atoms with Gasteiger partial charge in [-0.2, -0.15) is 0 Å². The first-order chi connectivity index (χ1) is 9.92. The third kappa shape index (κ3) is 4.93. The number of hydrogen-bond donors (Lipinski definition) is 2. The minimum atomic E-state index is -3.63. The molecule has 2 N–H and O–H groups in total. The molecular weight excluding hydrogens is 312 g/mol. The Kier molecular flexibility index (Phi) is 5.62. The maximum Gasteiger partial charge on any atom is 0.242 e. The number of benzene rings is 1. The summed E-state index contributed by atoms with van der Waals surface area (Å²) < 4.78 is 32.2. The average Bonchev–Trinajstić information content (AvgIpc) is 3.28. The fourth-order valence-corrected chi connectivity index (χ4v) is 3.46. The number of ether oxygens (including phenoxy) is 1. The van der Waals surface area contributed by atoms with Gasteiger partial charge in [0, 0.05) is 26.2 Å². The third-order valence-electron chi connectivity index (χ3n) is 3.42. The van der Waals surface area contributed by atoms with E-state index >= 15 is 0 Å². The van der Waals surface area contributed by atoms with Crippen molar-refractivity contribution in [2.24, 2.45) is 0 Å². The topological polar surface area (TPSA) is 67.4 Å². The maximum absolute atomic E-state index is 12.3. The maximum atomic E-state index is 12.3. The quantitative estimate of drug-likeness (QED) is 0.763. The van der Waals surface area contributed by atoms with E-state index in [0.29, 0.717) is 12.6 Å². The van der Waals surface area contributed by atoms with Crippen LogP contribution in [0.2, 0.25) is 5.02 Å². The Morgan fingerprint density at radius 2 is 2.14 bits per heavy atom. The Hall–Kier alpha value is -0.660. The lowest BCUT2D eigenvalue weighted by molar-refractivity contribution is 0.122. The van der Waals surface area contributed by atoms with E-state index in [1.165, 1.54) is 20.0 Å². The van der Waals surface area contributed by atoms with Gasteiger partial charge in [0.25, 0.3) is 0 Å². The lowest BCUT2D eigenvalue weighted by Crippen LogP contribution is -2.32. The zero-order valence-corrected chi connectivity index (χ0v) is 13.8. The molecule has 1 fully saturated rings. The highest BCUT2D eigenvalue weighted by molar-refractivity contribution is 7.89. The summed E-state index contributed by atoms with van der Waals surface area (Å²) in [7, 11) is -2.09. The Morgan fingerprint density at radius 1 is 1.43 bits per heavy atom. The SMILES string of the molecule is COC(C)CNS(=O)(=O)c1cc(CNC2CC2)ccc1Cl. The summed E-state index contributed by atoms with van der Waals surface area (Å²) in [5.74, 6) is 0. The first-order valence-corrected chi connectivity index (χ1v) is 8.83.